The molecular weight excluding hydrogens is 292 g/mol. The predicted molar refractivity (Wildman–Crippen MR) is 90.0 cm³/mol. The maximum absolute atomic E-state index is 12.1. The second-order valence-corrected chi connectivity index (χ2v) is 5.18. The number of allylic oxidation sites excluding steroid dienone is 1. The van der Waals surface area contributed by atoms with Crippen LogP contribution in [0, 0.1) is 11.3 Å². The van der Waals surface area contributed by atoms with Crippen LogP contribution in [0.3, 0.4) is 0 Å². The van der Waals surface area contributed by atoms with Crippen LogP contribution in [0.2, 0.25) is 0 Å². The highest BCUT2D eigenvalue weighted by molar-refractivity contribution is 6.01. The van der Waals surface area contributed by atoms with E-state index < -0.39 is 5.91 Å². The number of phenols is 1. The Morgan fingerprint density at radius 3 is 2.78 bits per heavy atom. The number of amides is 1. The van der Waals surface area contributed by atoms with Gasteiger partial charge in [-0.15, -0.1) is 6.58 Å². The summed E-state index contributed by atoms with van der Waals surface area (Å²) in [5.74, 6) is -0.0958. The van der Waals surface area contributed by atoms with Gasteiger partial charge in [-0.1, -0.05) is 13.0 Å². The summed E-state index contributed by atoms with van der Waals surface area (Å²) in [7, 11) is 1.45. The molecule has 0 aliphatic carbocycles. The van der Waals surface area contributed by atoms with Crippen LogP contribution >= 0.6 is 0 Å². The number of hydrogen-bond donors (Lipinski definition) is 2. The van der Waals surface area contributed by atoms with E-state index >= 15 is 0 Å². The quantitative estimate of drug-likeness (QED) is 0.460. The third-order valence-electron chi connectivity index (χ3n) is 3.43. The molecular formula is C18H22N2O3. The maximum atomic E-state index is 12.1. The Morgan fingerprint density at radius 1 is 1.57 bits per heavy atom. The molecule has 0 spiro atoms. The molecule has 0 aromatic heterocycles. The second-order valence-electron chi connectivity index (χ2n) is 5.18. The Balaban J connectivity index is 3.22. The van der Waals surface area contributed by atoms with Gasteiger partial charge in [-0.05, 0) is 43.5 Å². The first-order valence-corrected chi connectivity index (χ1v) is 7.40. The van der Waals surface area contributed by atoms with Crippen molar-refractivity contribution in [3.63, 3.8) is 0 Å². The molecule has 0 saturated carbocycles. The zero-order valence-corrected chi connectivity index (χ0v) is 13.7. The number of phenolic OH excluding ortho intramolecular Hbond substituents is 1. The number of nitrogens with zero attached hydrogens (tertiary/aromatic N) is 1. The molecule has 1 atom stereocenters. The lowest BCUT2D eigenvalue weighted by molar-refractivity contribution is -0.117. The summed E-state index contributed by atoms with van der Waals surface area (Å²) < 4.78 is 5.13. The van der Waals surface area contributed by atoms with Crippen LogP contribution in [-0.4, -0.2) is 24.2 Å². The van der Waals surface area contributed by atoms with Crippen molar-refractivity contribution in [3.8, 4) is 17.6 Å². The predicted octanol–water partition coefficient (Wildman–Crippen LogP) is 2.95. The average Bonchev–Trinajstić information content (AvgIpc) is 2.54. The fourth-order valence-electron chi connectivity index (χ4n) is 1.96. The standard InChI is InChI=1S/C18H22N2O3/c1-5-7-14-8-13(10-16(23-4)17(14)21)9-15(11-19)18(22)20-12(3)6-2/h5,8-10,12,21H,1,6-7H2,2-4H3,(H,20,22)/b15-9+/t12-/m1/s1. The molecule has 23 heavy (non-hydrogen) atoms. The van der Waals surface area contributed by atoms with Crippen molar-refractivity contribution < 1.29 is 14.6 Å². The average molecular weight is 314 g/mol. The van der Waals surface area contributed by atoms with E-state index in [1.165, 1.54) is 13.2 Å². The molecule has 0 saturated heterocycles. The molecule has 1 rings (SSSR count). The Hall–Kier alpha value is -2.74. The van der Waals surface area contributed by atoms with Gasteiger partial charge in [0.25, 0.3) is 5.91 Å². The summed E-state index contributed by atoms with van der Waals surface area (Å²) in [5, 5.41) is 22.0. The summed E-state index contributed by atoms with van der Waals surface area (Å²) >= 11 is 0. The zero-order valence-electron chi connectivity index (χ0n) is 13.7. The maximum Gasteiger partial charge on any atom is 0.262 e. The topological polar surface area (TPSA) is 82.4 Å². The van der Waals surface area contributed by atoms with E-state index in [1.807, 2.05) is 19.9 Å². The summed E-state index contributed by atoms with van der Waals surface area (Å²) in [6.45, 7) is 7.47. The van der Waals surface area contributed by atoms with E-state index in [0.29, 0.717) is 17.5 Å². The SMILES string of the molecule is C=CCc1cc(/C=C(\C#N)C(=O)N[C@H](C)CC)cc(OC)c1O. The van der Waals surface area contributed by atoms with Gasteiger partial charge in [-0.25, -0.2) is 0 Å². The summed E-state index contributed by atoms with van der Waals surface area (Å²) in [6.07, 6.45) is 4.36. The number of methoxy groups -OCH3 is 1. The van der Waals surface area contributed by atoms with E-state index in [4.69, 9.17) is 4.74 Å². The number of ether oxygens (including phenoxy) is 1. The third kappa shape index (κ3) is 4.89. The van der Waals surface area contributed by atoms with Crippen molar-refractivity contribution in [1.82, 2.24) is 5.32 Å². The van der Waals surface area contributed by atoms with Gasteiger partial charge in [0.1, 0.15) is 11.6 Å². The molecule has 122 valence electrons. The van der Waals surface area contributed by atoms with Crippen molar-refractivity contribution >= 4 is 12.0 Å². The highest BCUT2D eigenvalue weighted by Crippen LogP contribution is 2.32. The number of nitrogens with one attached hydrogen (secondary N) is 1. The lowest BCUT2D eigenvalue weighted by atomic mass is 10.0. The third-order valence-corrected chi connectivity index (χ3v) is 3.43. The minimum Gasteiger partial charge on any atom is -0.504 e. The lowest BCUT2D eigenvalue weighted by Gasteiger charge is -2.11. The molecule has 0 heterocycles. The van der Waals surface area contributed by atoms with Crippen molar-refractivity contribution in [2.24, 2.45) is 0 Å². The fourth-order valence-corrected chi connectivity index (χ4v) is 1.96. The van der Waals surface area contributed by atoms with Crippen molar-refractivity contribution in [1.29, 1.82) is 5.26 Å². The molecule has 5 heteroatoms. The summed E-state index contributed by atoms with van der Waals surface area (Å²) in [6, 6.07) is 5.18. The van der Waals surface area contributed by atoms with Crippen LogP contribution in [0.4, 0.5) is 0 Å². The number of benzene rings is 1. The molecule has 2 N–H and O–H groups in total. The number of carbonyl (C=O) groups is 1. The fraction of sp³-hybridized carbons (Fsp3) is 0.333. The number of nitriles is 1. The van der Waals surface area contributed by atoms with E-state index in [-0.39, 0.29) is 23.1 Å². The van der Waals surface area contributed by atoms with Gasteiger partial charge in [-0.2, -0.15) is 5.26 Å². The number of carbonyl (C=O) groups excluding carboxylic acids is 1. The smallest absolute Gasteiger partial charge is 0.262 e. The Bertz CT molecular complexity index is 657. The van der Waals surface area contributed by atoms with Crippen molar-refractivity contribution in [2.75, 3.05) is 7.11 Å². The van der Waals surface area contributed by atoms with Crippen LogP contribution < -0.4 is 10.1 Å². The minimum atomic E-state index is -0.417. The second kappa shape index (κ2) is 8.64. The zero-order chi connectivity index (χ0) is 17.4. The Labute approximate surface area is 136 Å². The van der Waals surface area contributed by atoms with Gasteiger partial charge >= 0.3 is 0 Å². The minimum absolute atomic E-state index is 0.00240. The molecule has 0 fully saturated rings. The first-order valence-electron chi connectivity index (χ1n) is 7.40. The molecule has 0 unspecified atom stereocenters. The molecule has 1 amide bonds. The Morgan fingerprint density at radius 2 is 2.26 bits per heavy atom. The van der Waals surface area contributed by atoms with Crippen LogP contribution in [0.15, 0.2) is 30.4 Å². The van der Waals surface area contributed by atoms with Crippen LogP contribution in [0.5, 0.6) is 11.5 Å². The first-order chi connectivity index (χ1) is 11.0. The molecule has 0 bridgehead atoms. The normalized spacial score (nSPS) is 12.2. The highest BCUT2D eigenvalue weighted by Gasteiger charge is 2.13. The Kier molecular flexibility index (Phi) is 6.88. The van der Waals surface area contributed by atoms with E-state index in [0.717, 1.165) is 6.42 Å². The number of hydrogen-bond acceptors (Lipinski definition) is 4. The molecule has 1 aromatic carbocycles. The van der Waals surface area contributed by atoms with Gasteiger partial charge < -0.3 is 15.2 Å². The van der Waals surface area contributed by atoms with Crippen molar-refractivity contribution in [2.45, 2.75) is 32.7 Å². The molecule has 0 radical (unpaired) electrons. The number of rotatable bonds is 7. The van der Waals surface area contributed by atoms with Crippen LogP contribution in [-0.2, 0) is 11.2 Å². The molecule has 0 aliphatic rings. The summed E-state index contributed by atoms with van der Waals surface area (Å²) in [4.78, 5) is 12.1. The van der Waals surface area contributed by atoms with Gasteiger partial charge in [0.15, 0.2) is 11.5 Å². The molecule has 0 aliphatic heterocycles. The summed E-state index contributed by atoms with van der Waals surface area (Å²) in [5.41, 5.74) is 1.22. The van der Waals surface area contributed by atoms with Gasteiger partial charge in [0, 0.05) is 11.6 Å². The van der Waals surface area contributed by atoms with Crippen LogP contribution in [0.1, 0.15) is 31.4 Å². The van der Waals surface area contributed by atoms with Gasteiger partial charge in [0.2, 0.25) is 0 Å². The molecule has 5 nitrogen and oxygen atoms in total. The first kappa shape index (κ1) is 18.3. The van der Waals surface area contributed by atoms with Crippen LogP contribution in [0.25, 0.3) is 6.08 Å². The lowest BCUT2D eigenvalue weighted by Crippen LogP contribution is -2.32. The largest absolute Gasteiger partial charge is 0.504 e. The molecule has 1 aromatic rings. The van der Waals surface area contributed by atoms with E-state index in [1.54, 1.807) is 18.2 Å². The highest BCUT2D eigenvalue weighted by atomic mass is 16.5. The van der Waals surface area contributed by atoms with Gasteiger partial charge in [0.05, 0.1) is 7.11 Å². The van der Waals surface area contributed by atoms with E-state index in [9.17, 15) is 15.2 Å². The monoisotopic (exact) mass is 314 g/mol. The van der Waals surface area contributed by atoms with Crippen molar-refractivity contribution in [3.05, 3.63) is 41.5 Å². The van der Waals surface area contributed by atoms with E-state index in [2.05, 4.69) is 11.9 Å². The number of aromatic hydroxyl groups is 1. The van der Waals surface area contributed by atoms with Gasteiger partial charge in [-0.3, -0.25) is 4.79 Å².